The Balaban J connectivity index is 2.02. The molecule has 0 spiro atoms. The van der Waals surface area contributed by atoms with Crippen molar-refractivity contribution < 1.29 is 5.11 Å². The molecule has 29 heavy (non-hydrogen) atoms. The highest BCUT2D eigenvalue weighted by molar-refractivity contribution is 5.27. The molecule has 0 aromatic heterocycles. The third kappa shape index (κ3) is 5.10. The summed E-state index contributed by atoms with van der Waals surface area (Å²) in [6, 6.07) is 22.1. The number of unbranched alkanes of at least 4 members (excludes halogenated alkanes) is 3. The van der Waals surface area contributed by atoms with Crippen LogP contribution in [0.1, 0.15) is 88.4 Å². The van der Waals surface area contributed by atoms with Gasteiger partial charge in [-0.3, -0.25) is 4.90 Å². The van der Waals surface area contributed by atoms with Crippen molar-refractivity contribution in [1.29, 1.82) is 0 Å². The fourth-order valence-corrected chi connectivity index (χ4v) is 5.36. The minimum atomic E-state index is -0.614. The van der Waals surface area contributed by atoms with E-state index in [9.17, 15) is 5.11 Å². The lowest BCUT2D eigenvalue weighted by Crippen LogP contribution is -2.53. The number of hydrogen-bond donors (Lipinski definition) is 1. The lowest BCUT2D eigenvalue weighted by atomic mass is 9.66. The highest BCUT2D eigenvalue weighted by Gasteiger charge is 2.50. The predicted molar refractivity (Wildman–Crippen MR) is 123 cm³/mol. The normalized spacial score (nSPS) is 27.8. The summed E-state index contributed by atoms with van der Waals surface area (Å²) in [5.41, 5.74) is 2.04. The van der Waals surface area contributed by atoms with E-state index in [1.54, 1.807) is 0 Å². The van der Waals surface area contributed by atoms with Crippen molar-refractivity contribution in [3.8, 4) is 0 Å². The molecular formula is C27H39NO. The van der Waals surface area contributed by atoms with Gasteiger partial charge in [-0.2, -0.15) is 0 Å². The van der Waals surface area contributed by atoms with Gasteiger partial charge in [0.2, 0.25) is 0 Å². The maximum Gasteiger partial charge on any atom is 0.0712 e. The second-order valence-electron chi connectivity index (χ2n) is 8.96. The van der Waals surface area contributed by atoms with Crippen LogP contribution in [0.2, 0.25) is 0 Å². The van der Waals surface area contributed by atoms with Gasteiger partial charge in [-0.1, -0.05) is 107 Å². The van der Waals surface area contributed by atoms with Crippen LogP contribution < -0.4 is 0 Å². The number of piperidine rings is 1. The van der Waals surface area contributed by atoms with Crippen LogP contribution in [-0.4, -0.2) is 22.7 Å². The highest BCUT2D eigenvalue weighted by atomic mass is 16.3. The molecule has 158 valence electrons. The summed E-state index contributed by atoms with van der Waals surface area (Å²) in [6.07, 6.45) is 8.71. The first-order valence-corrected chi connectivity index (χ1v) is 11.6. The summed E-state index contributed by atoms with van der Waals surface area (Å²) in [5.74, 6) is 0.271. The Hall–Kier alpha value is -1.64. The van der Waals surface area contributed by atoms with E-state index < -0.39 is 5.60 Å². The van der Waals surface area contributed by atoms with Gasteiger partial charge in [0.25, 0.3) is 0 Å². The van der Waals surface area contributed by atoms with Gasteiger partial charge in [0.1, 0.15) is 0 Å². The van der Waals surface area contributed by atoms with Crippen molar-refractivity contribution in [1.82, 2.24) is 4.90 Å². The summed E-state index contributed by atoms with van der Waals surface area (Å²) >= 11 is 0. The molecule has 4 atom stereocenters. The van der Waals surface area contributed by atoms with E-state index in [2.05, 4.69) is 86.5 Å². The second kappa shape index (κ2) is 10.4. The lowest BCUT2D eigenvalue weighted by molar-refractivity contribution is -0.129. The van der Waals surface area contributed by atoms with Crippen molar-refractivity contribution >= 4 is 0 Å². The van der Waals surface area contributed by atoms with E-state index >= 15 is 0 Å². The fraction of sp³-hybridized carbons (Fsp3) is 0.556. The molecule has 2 aromatic rings. The number of likely N-dealkylation sites (tertiary alicyclic amines) is 1. The molecule has 0 bridgehead atoms. The van der Waals surface area contributed by atoms with Crippen LogP contribution in [0.3, 0.4) is 0 Å². The molecule has 1 fully saturated rings. The molecule has 1 aliphatic rings. The van der Waals surface area contributed by atoms with Crippen molar-refractivity contribution in [2.45, 2.75) is 82.9 Å². The molecule has 2 aromatic carbocycles. The summed E-state index contributed by atoms with van der Waals surface area (Å²) < 4.78 is 0. The van der Waals surface area contributed by atoms with Crippen LogP contribution in [0.5, 0.6) is 0 Å². The predicted octanol–water partition coefficient (Wildman–Crippen LogP) is 6.92. The molecule has 1 aliphatic heterocycles. The zero-order valence-electron chi connectivity index (χ0n) is 18.6. The molecule has 0 amide bonds. The number of aliphatic hydroxyl groups is 1. The molecule has 2 heteroatoms. The fourth-order valence-electron chi connectivity index (χ4n) is 5.36. The standard InChI is InChI=1S/C27H39NO/c1-4-6-10-19-24-26(23-17-13-9-14-18-23)28(3)25(22-15-11-8-12-16-22)21-27(24,29)20-7-5-2/h8-9,11-18,24-26,29H,4-7,10,19-21H2,1-3H3/t24-,25-,26-,27+/m0/s1. The van der Waals surface area contributed by atoms with Crippen molar-refractivity contribution in [2.24, 2.45) is 5.92 Å². The number of benzene rings is 2. The molecule has 0 aliphatic carbocycles. The maximum absolute atomic E-state index is 12.1. The molecule has 3 rings (SSSR count). The first-order valence-electron chi connectivity index (χ1n) is 11.6. The van der Waals surface area contributed by atoms with E-state index in [1.807, 2.05) is 0 Å². The first-order chi connectivity index (χ1) is 14.1. The summed E-state index contributed by atoms with van der Waals surface area (Å²) in [7, 11) is 2.27. The van der Waals surface area contributed by atoms with Crippen molar-refractivity contribution in [2.75, 3.05) is 7.05 Å². The third-order valence-electron chi connectivity index (χ3n) is 6.96. The zero-order valence-corrected chi connectivity index (χ0v) is 18.6. The number of nitrogens with zero attached hydrogens (tertiary/aromatic N) is 1. The Labute approximate surface area is 178 Å². The van der Waals surface area contributed by atoms with Crippen molar-refractivity contribution in [3.05, 3.63) is 71.8 Å². The summed E-state index contributed by atoms with van der Waals surface area (Å²) in [5, 5.41) is 12.1. The summed E-state index contributed by atoms with van der Waals surface area (Å²) in [6.45, 7) is 4.49. The van der Waals surface area contributed by atoms with Gasteiger partial charge in [0.05, 0.1) is 5.60 Å². The third-order valence-corrected chi connectivity index (χ3v) is 6.96. The van der Waals surface area contributed by atoms with E-state index in [0.29, 0.717) is 0 Å². The molecule has 0 unspecified atom stereocenters. The molecule has 1 saturated heterocycles. The monoisotopic (exact) mass is 393 g/mol. The molecular weight excluding hydrogens is 354 g/mol. The van der Waals surface area contributed by atoms with Crippen LogP contribution in [0.4, 0.5) is 0 Å². The smallest absolute Gasteiger partial charge is 0.0712 e. The Morgan fingerprint density at radius 2 is 1.45 bits per heavy atom. The van der Waals surface area contributed by atoms with E-state index in [-0.39, 0.29) is 18.0 Å². The van der Waals surface area contributed by atoms with Gasteiger partial charge >= 0.3 is 0 Å². The first kappa shape index (κ1) is 22.1. The Bertz CT molecular complexity index is 716. The van der Waals surface area contributed by atoms with Crippen molar-refractivity contribution in [3.63, 3.8) is 0 Å². The van der Waals surface area contributed by atoms with Gasteiger partial charge in [-0.25, -0.2) is 0 Å². The van der Waals surface area contributed by atoms with Crippen LogP contribution in [-0.2, 0) is 0 Å². The quantitative estimate of drug-likeness (QED) is 0.467. The Morgan fingerprint density at radius 3 is 2.03 bits per heavy atom. The Morgan fingerprint density at radius 1 is 0.862 bits per heavy atom. The summed E-state index contributed by atoms with van der Waals surface area (Å²) in [4.78, 5) is 2.54. The van der Waals surface area contributed by atoms with Crippen LogP contribution in [0.15, 0.2) is 60.7 Å². The van der Waals surface area contributed by atoms with Gasteiger partial charge in [0.15, 0.2) is 0 Å². The van der Waals surface area contributed by atoms with Gasteiger partial charge in [-0.15, -0.1) is 0 Å². The molecule has 1 N–H and O–H groups in total. The van der Waals surface area contributed by atoms with Crippen LogP contribution in [0, 0.1) is 5.92 Å². The lowest BCUT2D eigenvalue weighted by Gasteiger charge is -2.54. The highest BCUT2D eigenvalue weighted by Crippen LogP contribution is 2.52. The van der Waals surface area contributed by atoms with Crippen LogP contribution in [0.25, 0.3) is 0 Å². The molecule has 1 heterocycles. The van der Waals surface area contributed by atoms with Gasteiger partial charge in [0, 0.05) is 18.0 Å². The average Bonchev–Trinajstić information content (AvgIpc) is 2.76. The average molecular weight is 394 g/mol. The Kier molecular flexibility index (Phi) is 7.91. The van der Waals surface area contributed by atoms with Crippen LogP contribution >= 0.6 is 0 Å². The van der Waals surface area contributed by atoms with Gasteiger partial charge in [-0.05, 0) is 37.4 Å². The minimum Gasteiger partial charge on any atom is -0.389 e. The molecule has 2 nitrogen and oxygen atoms in total. The largest absolute Gasteiger partial charge is 0.389 e. The molecule has 0 radical (unpaired) electrons. The second-order valence-corrected chi connectivity index (χ2v) is 8.96. The van der Waals surface area contributed by atoms with Gasteiger partial charge < -0.3 is 5.11 Å². The zero-order chi connectivity index (χ0) is 20.7. The van der Waals surface area contributed by atoms with E-state index in [4.69, 9.17) is 0 Å². The number of hydrogen-bond acceptors (Lipinski definition) is 2. The van der Waals surface area contributed by atoms with E-state index in [1.165, 1.54) is 30.4 Å². The topological polar surface area (TPSA) is 23.5 Å². The minimum absolute atomic E-state index is 0.241. The number of rotatable bonds is 9. The molecule has 0 saturated carbocycles. The SMILES string of the molecule is CCCCC[C@H]1[C@H](c2ccccc2)N(C)[C@H](c2ccccc2)C[C@]1(O)CCCC. The van der Waals surface area contributed by atoms with E-state index in [0.717, 1.165) is 32.1 Å². The maximum atomic E-state index is 12.1.